The Balaban J connectivity index is 2.30. The topological polar surface area (TPSA) is 80.5 Å². The van der Waals surface area contributed by atoms with Crippen LogP contribution in [0.15, 0.2) is 18.5 Å². The number of aromatic nitrogens is 5. The average molecular weight is 430 g/mol. The van der Waals surface area contributed by atoms with Crippen LogP contribution >= 0.6 is 0 Å². The smallest absolute Gasteiger partial charge is 0.257 e. The molecule has 0 aliphatic heterocycles. The van der Waals surface area contributed by atoms with Gasteiger partial charge in [0, 0.05) is 23.5 Å². The van der Waals surface area contributed by atoms with E-state index in [-0.39, 0.29) is 11.1 Å². The Morgan fingerprint density at radius 2 is 1.29 bits per heavy atom. The van der Waals surface area contributed by atoms with E-state index in [2.05, 4.69) is 57.3 Å². The van der Waals surface area contributed by atoms with Gasteiger partial charge in [-0.05, 0) is 45.6 Å². The van der Waals surface area contributed by atoms with Crippen molar-refractivity contribution in [3.63, 3.8) is 0 Å². The third kappa shape index (κ3) is 7.78. The van der Waals surface area contributed by atoms with Gasteiger partial charge in [0.25, 0.3) is 5.95 Å². The van der Waals surface area contributed by atoms with Crippen molar-refractivity contribution in [3.8, 4) is 5.95 Å². The fourth-order valence-corrected chi connectivity index (χ4v) is 3.69. The summed E-state index contributed by atoms with van der Waals surface area (Å²) in [6.07, 6.45) is 15.1. The summed E-state index contributed by atoms with van der Waals surface area (Å²) < 4.78 is 1.69. The zero-order valence-electron chi connectivity index (χ0n) is 20.5. The van der Waals surface area contributed by atoms with Crippen molar-refractivity contribution >= 4 is 11.9 Å². The summed E-state index contributed by atoms with van der Waals surface area (Å²) in [5, 5.41) is 11.6. The van der Waals surface area contributed by atoms with Crippen LogP contribution in [0.25, 0.3) is 5.95 Å². The molecule has 0 aromatic carbocycles. The normalized spacial score (nSPS) is 15.3. The second-order valence-corrected chi connectivity index (χ2v) is 9.23. The number of hydrogen-bond acceptors (Lipinski definition) is 6. The summed E-state index contributed by atoms with van der Waals surface area (Å²) >= 11 is 0. The van der Waals surface area contributed by atoms with Gasteiger partial charge >= 0.3 is 0 Å². The Labute approximate surface area is 188 Å². The maximum absolute atomic E-state index is 4.78. The summed E-state index contributed by atoms with van der Waals surface area (Å²) in [4.78, 5) is 14.2. The largest absolute Gasteiger partial charge is 0.349 e. The van der Waals surface area contributed by atoms with Crippen LogP contribution in [-0.4, -0.2) is 35.8 Å². The molecule has 0 aliphatic rings. The number of anilines is 2. The molecule has 2 rings (SSSR count). The van der Waals surface area contributed by atoms with Gasteiger partial charge < -0.3 is 10.6 Å². The third-order valence-electron chi connectivity index (χ3n) is 6.38. The molecule has 2 heterocycles. The third-order valence-corrected chi connectivity index (χ3v) is 6.38. The van der Waals surface area contributed by atoms with Crippen molar-refractivity contribution in [1.29, 1.82) is 0 Å². The number of nitrogens with zero attached hydrogens (tertiary/aromatic N) is 5. The Bertz CT molecular complexity index is 717. The zero-order chi connectivity index (χ0) is 22.7. The molecule has 0 bridgehead atoms. The van der Waals surface area contributed by atoms with Gasteiger partial charge in [0.15, 0.2) is 0 Å². The molecular weight excluding hydrogens is 386 g/mol. The Morgan fingerprint density at radius 1 is 0.774 bits per heavy atom. The maximum atomic E-state index is 4.78. The van der Waals surface area contributed by atoms with Gasteiger partial charge in [-0.2, -0.15) is 20.1 Å². The van der Waals surface area contributed by atoms with Crippen LogP contribution in [0.4, 0.5) is 11.9 Å². The second kappa shape index (κ2) is 12.0. The van der Waals surface area contributed by atoms with Gasteiger partial charge in [-0.1, -0.05) is 66.2 Å². The maximum Gasteiger partial charge on any atom is 0.257 e. The van der Waals surface area contributed by atoms with Crippen LogP contribution in [0.5, 0.6) is 0 Å². The lowest BCUT2D eigenvalue weighted by atomic mass is 9.91. The minimum Gasteiger partial charge on any atom is -0.349 e. The van der Waals surface area contributed by atoms with Gasteiger partial charge in [-0.25, -0.2) is 4.68 Å². The molecule has 7 heteroatoms. The molecular formula is C24H43N7. The molecule has 174 valence electrons. The van der Waals surface area contributed by atoms with Crippen molar-refractivity contribution in [2.24, 2.45) is 0 Å². The molecule has 7 nitrogen and oxygen atoms in total. The Morgan fingerprint density at radius 3 is 1.68 bits per heavy atom. The van der Waals surface area contributed by atoms with Gasteiger partial charge in [0.1, 0.15) is 0 Å². The Kier molecular flexibility index (Phi) is 9.72. The molecule has 0 saturated heterocycles. The van der Waals surface area contributed by atoms with Crippen molar-refractivity contribution in [2.45, 2.75) is 117 Å². The summed E-state index contributed by atoms with van der Waals surface area (Å²) in [5.41, 5.74) is -0.102. The first-order chi connectivity index (χ1) is 14.9. The Hall–Kier alpha value is -2.18. The molecule has 0 spiro atoms. The van der Waals surface area contributed by atoms with E-state index in [1.165, 1.54) is 38.5 Å². The van der Waals surface area contributed by atoms with E-state index in [1.54, 1.807) is 10.9 Å². The molecule has 2 atom stereocenters. The predicted molar refractivity (Wildman–Crippen MR) is 130 cm³/mol. The lowest BCUT2D eigenvalue weighted by molar-refractivity contribution is 0.426. The van der Waals surface area contributed by atoms with Crippen molar-refractivity contribution in [3.05, 3.63) is 18.5 Å². The average Bonchev–Trinajstić information content (AvgIpc) is 3.29. The van der Waals surface area contributed by atoms with Gasteiger partial charge in [-0.15, -0.1) is 0 Å². The van der Waals surface area contributed by atoms with Gasteiger partial charge in [0.05, 0.1) is 0 Å². The van der Waals surface area contributed by atoms with Crippen LogP contribution in [0.1, 0.15) is 106 Å². The highest BCUT2D eigenvalue weighted by atomic mass is 15.4. The number of rotatable bonds is 15. The highest BCUT2D eigenvalue weighted by Gasteiger charge is 2.26. The van der Waals surface area contributed by atoms with Gasteiger partial charge in [-0.3, -0.25) is 0 Å². The fraction of sp³-hybridized carbons (Fsp3) is 0.750. The number of nitrogens with one attached hydrogen (secondary N) is 2. The molecule has 2 unspecified atom stereocenters. The van der Waals surface area contributed by atoms with Crippen LogP contribution in [0.2, 0.25) is 0 Å². The summed E-state index contributed by atoms with van der Waals surface area (Å²) in [6.45, 7) is 13.4. The SMILES string of the molecule is CCCCCC(C)(CC)Nc1nc(NC(C)(CC)CCCCC)nc(-n2cccn2)n1. The van der Waals surface area contributed by atoms with E-state index in [9.17, 15) is 0 Å². The first kappa shape index (κ1) is 25.1. The first-order valence-electron chi connectivity index (χ1n) is 12.2. The van der Waals surface area contributed by atoms with E-state index in [1.807, 2.05) is 12.3 Å². The van der Waals surface area contributed by atoms with Crippen LogP contribution in [0.3, 0.4) is 0 Å². The van der Waals surface area contributed by atoms with Crippen molar-refractivity contribution in [1.82, 2.24) is 24.7 Å². The molecule has 2 N–H and O–H groups in total. The second-order valence-electron chi connectivity index (χ2n) is 9.23. The molecule has 31 heavy (non-hydrogen) atoms. The molecule has 0 aliphatic carbocycles. The zero-order valence-corrected chi connectivity index (χ0v) is 20.5. The molecule has 0 fully saturated rings. The molecule has 2 aromatic heterocycles. The van der Waals surface area contributed by atoms with E-state index in [0.29, 0.717) is 17.8 Å². The molecule has 2 aromatic rings. The van der Waals surface area contributed by atoms with E-state index >= 15 is 0 Å². The standard InChI is InChI=1S/C24H43N7/c1-7-11-13-16-23(5,9-3)29-20-26-21(28-22(27-20)31-19-15-18-25-31)30-24(6,10-4)17-14-12-8-2/h15,18-19H,7-14,16-17H2,1-6H3,(H2,26,27,28,29,30). The van der Waals surface area contributed by atoms with Crippen molar-refractivity contribution < 1.29 is 0 Å². The first-order valence-corrected chi connectivity index (χ1v) is 12.2. The van der Waals surface area contributed by atoms with E-state index < -0.39 is 0 Å². The van der Waals surface area contributed by atoms with Crippen LogP contribution in [0, 0.1) is 0 Å². The van der Waals surface area contributed by atoms with Crippen molar-refractivity contribution in [2.75, 3.05) is 10.6 Å². The number of hydrogen-bond donors (Lipinski definition) is 2. The molecule has 0 amide bonds. The highest BCUT2D eigenvalue weighted by Crippen LogP contribution is 2.26. The quantitative estimate of drug-likeness (QED) is 0.320. The van der Waals surface area contributed by atoms with Crippen LogP contribution in [-0.2, 0) is 0 Å². The van der Waals surface area contributed by atoms with E-state index in [4.69, 9.17) is 15.0 Å². The predicted octanol–water partition coefficient (Wildman–Crippen LogP) is 6.38. The monoisotopic (exact) mass is 429 g/mol. The summed E-state index contributed by atoms with van der Waals surface area (Å²) in [7, 11) is 0. The van der Waals surface area contributed by atoms with Gasteiger partial charge in [0.2, 0.25) is 11.9 Å². The summed E-state index contributed by atoms with van der Waals surface area (Å²) in [6, 6.07) is 1.88. The molecule has 0 radical (unpaired) electrons. The minimum atomic E-state index is -0.0512. The minimum absolute atomic E-state index is 0.0512. The fourth-order valence-electron chi connectivity index (χ4n) is 3.69. The van der Waals surface area contributed by atoms with E-state index in [0.717, 1.165) is 25.7 Å². The highest BCUT2D eigenvalue weighted by molar-refractivity contribution is 5.41. The van der Waals surface area contributed by atoms with Crippen LogP contribution < -0.4 is 10.6 Å². The molecule has 0 saturated carbocycles. The lowest BCUT2D eigenvalue weighted by Gasteiger charge is -2.32. The number of unbranched alkanes of at least 4 members (excludes halogenated alkanes) is 4. The lowest BCUT2D eigenvalue weighted by Crippen LogP contribution is -2.37. The summed E-state index contributed by atoms with van der Waals surface area (Å²) in [5.74, 6) is 1.75.